The molecule has 0 spiro atoms. The first kappa shape index (κ1) is 13.0. The third-order valence-corrected chi connectivity index (χ3v) is 3.42. The second kappa shape index (κ2) is 5.02. The Morgan fingerprint density at radius 2 is 1.78 bits per heavy atom. The summed E-state index contributed by atoms with van der Waals surface area (Å²) in [5.74, 6) is 0.162. The van der Waals surface area contributed by atoms with Gasteiger partial charge >= 0.3 is 0 Å². The van der Waals surface area contributed by atoms with E-state index in [4.69, 9.17) is 12.6 Å². The van der Waals surface area contributed by atoms with Gasteiger partial charge in [-0.25, -0.2) is 0 Å². The molecule has 1 aromatic heterocycles. The van der Waals surface area contributed by atoms with E-state index in [0.717, 1.165) is 22.6 Å². The lowest BCUT2D eigenvalue weighted by Gasteiger charge is -2.10. The fourth-order valence-corrected chi connectivity index (χ4v) is 2.37. The summed E-state index contributed by atoms with van der Waals surface area (Å²) in [6.07, 6.45) is 0. The van der Waals surface area contributed by atoms with Crippen molar-refractivity contribution in [2.45, 2.75) is 20.8 Å². The summed E-state index contributed by atoms with van der Waals surface area (Å²) in [7, 11) is 0. The largest absolute Gasteiger partial charge is 0.318 e. The zero-order valence-electron chi connectivity index (χ0n) is 10.9. The minimum Gasteiger partial charge on any atom is -0.318 e. The van der Waals surface area contributed by atoms with Crippen molar-refractivity contribution in [2.75, 3.05) is 5.75 Å². The van der Waals surface area contributed by atoms with Gasteiger partial charge in [-0.2, -0.15) is 0 Å². The Kier molecular flexibility index (Phi) is 3.62. The van der Waals surface area contributed by atoms with Gasteiger partial charge in [-0.3, -0.25) is 4.79 Å². The highest BCUT2D eigenvalue weighted by Crippen LogP contribution is 2.21. The average Bonchev–Trinajstić information content (AvgIpc) is 2.65. The van der Waals surface area contributed by atoms with Crippen LogP contribution in [0.25, 0.3) is 5.69 Å². The number of rotatable bonds is 3. The number of Topliss-reactive ketones (excluding diaryl/α,β-unsaturated/α-hetero) is 1. The van der Waals surface area contributed by atoms with Gasteiger partial charge in [0.15, 0.2) is 5.78 Å². The summed E-state index contributed by atoms with van der Waals surface area (Å²) in [5, 5.41) is 0. The number of hydrogen-bond acceptors (Lipinski definition) is 1. The van der Waals surface area contributed by atoms with Gasteiger partial charge in [0.2, 0.25) is 0 Å². The first-order valence-corrected chi connectivity index (χ1v) is 6.49. The molecule has 3 heteroatoms. The monoisotopic (exact) mass is 258 g/mol. The van der Waals surface area contributed by atoms with Crippen molar-refractivity contribution in [3.05, 3.63) is 52.8 Å². The molecule has 0 aliphatic carbocycles. The molecule has 1 radical (unpaired) electrons. The van der Waals surface area contributed by atoms with Crippen molar-refractivity contribution in [2.24, 2.45) is 0 Å². The third kappa shape index (κ3) is 2.23. The Balaban J connectivity index is 2.55. The number of benzene rings is 1. The lowest BCUT2D eigenvalue weighted by atomic mass is 10.2. The summed E-state index contributed by atoms with van der Waals surface area (Å²) in [6.45, 7) is 6.03. The van der Waals surface area contributed by atoms with E-state index < -0.39 is 0 Å². The summed E-state index contributed by atoms with van der Waals surface area (Å²) in [4.78, 5) is 11.8. The molecule has 0 saturated heterocycles. The van der Waals surface area contributed by atoms with E-state index in [0.29, 0.717) is 0 Å². The van der Waals surface area contributed by atoms with E-state index in [1.54, 1.807) is 0 Å². The number of hydrogen-bond donors (Lipinski definition) is 0. The van der Waals surface area contributed by atoms with E-state index >= 15 is 0 Å². The second-order valence-corrected chi connectivity index (χ2v) is 4.81. The Hall–Kier alpha value is -1.48. The maximum atomic E-state index is 11.8. The van der Waals surface area contributed by atoms with Crippen molar-refractivity contribution in [1.29, 1.82) is 0 Å². The van der Waals surface area contributed by atoms with Crippen LogP contribution in [0.5, 0.6) is 0 Å². The molecule has 1 aromatic carbocycles. The Labute approximate surface area is 113 Å². The van der Waals surface area contributed by atoms with E-state index in [1.807, 2.05) is 19.9 Å². The van der Waals surface area contributed by atoms with Gasteiger partial charge in [-0.05, 0) is 39.0 Å². The van der Waals surface area contributed by atoms with Gasteiger partial charge in [0.1, 0.15) is 0 Å². The predicted octanol–water partition coefficient (Wildman–Crippen LogP) is 3.78. The van der Waals surface area contributed by atoms with Crippen LogP contribution >= 0.6 is 12.6 Å². The highest BCUT2D eigenvalue weighted by atomic mass is 32.1. The zero-order chi connectivity index (χ0) is 13.3. The molecule has 0 saturated carbocycles. The van der Waals surface area contributed by atoms with Crippen LogP contribution in [0.2, 0.25) is 0 Å². The van der Waals surface area contributed by atoms with Gasteiger partial charge in [0.05, 0.1) is 5.75 Å². The molecule has 0 amide bonds. The van der Waals surface area contributed by atoms with Crippen LogP contribution in [0, 0.1) is 20.8 Å². The molecular weight excluding hydrogens is 242 g/mol. The number of aromatic nitrogens is 1. The van der Waals surface area contributed by atoms with Crippen LogP contribution in [0.15, 0.2) is 30.3 Å². The maximum Gasteiger partial charge on any atom is 0.175 e. The van der Waals surface area contributed by atoms with Gasteiger partial charge in [-0.1, -0.05) is 30.3 Å². The molecule has 93 valence electrons. The standard InChI is InChI=1S/C15H16NOS/c1-10-4-6-13(7-5-10)16-11(2)8-14(12(16)3)15(17)9-18/h4-8H,9H2,1-3H3. The van der Waals surface area contributed by atoms with Crippen LogP contribution in [0.3, 0.4) is 0 Å². The maximum absolute atomic E-state index is 11.8. The summed E-state index contributed by atoms with van der Waals surface area (Å²) >= 11 is 4.84. The van der Waals surface area contributed by atoms with Crippen LogP contribution in [-0.2, 0) is 0 Å². The lowest BCUT2D eigenvalue weighted by molar-refractivity contribution is 0.102. The van der Waals surface area contributed by atoms with Crippen molar-refractivity contribution in [3.63, 3.8) is 0 Å². The molecule has 0 atom stereocenters. The second-order valence-electron chi connectivity index (χ2n) is 4.52. The first-order valence-electron chi connectivity index (χ1n) is 5.92. The number of nitrogens with zero attached hydrogens (tertiary/aromatic N) is 1. The van der Waals surface area contributed by atoms with E-state index in [1.165, 1.54) is 5.56 Å². The van der Waals surface area contributed by atoms with Crippen LogP contribution in [-0.4, -0.2) is 16.1 Å². The van der Waals surface area contributed by atoms with Crippen LogP contribution in [0.4, 0.5) is 0 Å². The molecule has 2 rings (SSSR count). The molecule has 0 aliphatic rings. The van der Waals surface area contributed by atoms with Gasteiger partial charge in [-0.15, -0.1) is 0 Å². The molecule has 1 heterocycles. The van der Waals surface area contributed by atoms with Crippen molar-refractivity contribution < 1.29 is 4.79 Å². The number of carbonyl (C=O) groups is 1. The van der Waals surface area contributed by atoms with Gasteiger partial charge in [0, 0.05) is 22.6 Å². The normalized spacial score (nSPS) is 10.7. The van der Waals surface area contributed by atoms with E-state index in [9.17, 15) is 4.79 Å². The summed E-state index contributed by atoms with van der Waals surface area (Å²) < 4.78 is 2.09. The Morgan fingerprint density at radius 1 is 1.17 bits per heavy atom. The molecule has 0 N–H and O–H groups in total. The smallest absolute Gasteiger partial charge is 0.175 e. The molecule has 0 unspecified atom stereocenters. The molecule has 0 aliphatic heterocycles. The van der Waals surface area contributed by atoms with Gasteiger partial charge < -0.3 is 4.57 Å². The topological polar surface area (TPSA) is 22.0 Å². The molecule has 0 fully saturated rings. The molecular formula is C15H16NOS. The van der Waals surface area contributed by atoms with Gasteiger partial charge in [0.25, 0.3) is 0 Å². The molecule has 2 nitrogen and oxygen atoms in total. The van der Waals surface area contributed by atoms with Crippen molar-refractivity contribution in [1.82, 2.24) is 4.57 Å². The number of ketones is 1. The highest BCUT2D eigenvalue weighted by Gasteiger charge is 2.15. The number of carbonyl (C=O) groups excluding carboxylic acids is 1. The predicted molar refractivity (Wildman–Crippen MR) is 76.8 cm³/mol. The summed E-state index contributed by atoms with van der Waals surface area (Å²) in [6, 6.07) is 10.2. The molecule has 0 bridgehead atoms. The lowest BCUT2D eigenvalue weighted by Crippen LogP contribution is -2.04. The minimum absolute atomic E-state index is 0.0245. The third-order valence-electron chi connectivity index (χ3n) is 3.15. The Morgan fingerprint density at radius 3 is 2.33 bits per heavy atom. The van der Waals surface area contributed by atoms with Crippen molar-refractivity contribution >= 4 is 18.4 Å². The van der Waals surface area contributed by atoms with Crippen LogP contribution < -0.4 is 0 Å². The minimum atomic E-state index is 0.0245. The summed E-state index contributed by atoms with van der Waals surface area (Å²) in [5.41, 5.74) is 5.07. The number of aryl methyl sites for hydroxylation is 2. The van der Waals surface area contributed by atoms with E-state index in [-0.39, 0.29) is 11.5 Å². The first-order chi connectivity index (χ1) is 8.54. The fraction of sp³-hybridized carbons (Fsp3) is 0.267. The van der Waals surface area contributed by atoms with Crippen LogP contribution in [0.1, 0.15) is 27.3 Å². The van der Waals surface area contributed by atoms with E-state index in [2.05, 4.69) is 35.8 Å². The zero-order valence-corrected chi connectivity index (χ0v) is 11.7. The quantitative estimate of drug-likeness (QED) is 0.768. The van der Waals surface area contributed by atoms with Crippen molar-refractivity contribution in [3.8, 4) is 5.69 Å². The molecule has 2 aromatic rings. The average molecular weight is 258 g/mol. The SMILES string of the molecule is Cc1ccc(-n2c(C)cc(C(=O)C[S])c2C)cc1. The molecule has 18 heavy (non-hydrogen) atoms. The Bertz CT molecular complexity index is 581. The highest BCUT2D eigenvalue weighted by molar-refractivity contribution is 7.81. The fourth-order valence-electron chi connectivity index (χ4n) is 2.21.